The first-order valence-electron chi connectivity index (χ1n) is 9.05. The van der Waals surface area contributed by atoms with Crippen molar-refractivity contribution < 1.29 is 14.0 Å². The van der Waals surface area contributed by atoms with Crippen LogP contribution in [0.5, 0.6) is 0 Å². The fourth-order valence-electron chi connectivity index (χ4n) is 3.90. The van der Waals surface area contributed by atoms with Crippen LogP contribution in [0, 0.1) is 0 Å². The Hall–Kier alpha value is -1.35. The number of likely N-dealkylation sites (N-methyl/N-ethyl adjacent to an activating group) is 1. The van der Waals surface area contributed by atoms with Crippen molar-refractivity contribution >= 4 is 5.97 Å². The van der Waals surface area contributed by atoms with E-state index in [0.717, 1.165) is 23.0 Å². The van der Waals surface area contributed by atoms with Crippen molar-refractivity contribution in [3.8, 4) is 0 Å². The Balaban J connectivity index is 1.95. The maximum Gasteiger partial charge on any atom is 0.338 e. The number of nitrogens with zero attached hydrogens (tertiary/aromatic N) is 1. The van der Waals surface area contributed by atoms with Crippen molar-refractivity contribution in [2.45, 2.75) is 64.5 Å². The van der Waals surface area contributed by atoms with E-state index in [9.17, 15) is 4.79 Å². The molecule has 0 saturated heterocycles. The highest BCUT2D eigenvalue weighted by Crippen LogP contribution is 2.26. The molecule has 128 valence electrons. The zero-order chi connectivity index (χ0) is 16.9. The highest BCUT2D eigenvalue weighted by molar-refractivity contribution is 5.91. The number of carbonyl (C=O) groups excluding carboxylic acids is 1. The van der Waals surface area contributed by atoms with Gasteiger partial charge in [-0.05, 0) is 50.7 Å². The standard InChI is InChI=1S/C20H32NO2/c1-5-17-11-9-10-14-19(17)20(22)23-16(2)15-21(3,4)18-12-7-6-8-13-18/h9-11,14,16,18H,5-8,12-13,15H2,1-4H3/q+1. The lowest BCUT2D eigenvalue weighted by Gasteiger charge is -2.41. The van der Waals surface area contributed by atoms with Gasteiger partial charge in [-0.3, -0.25) is 0 Å². The van der Waals surface area contributed by atoms with Gasteiger partial charge in [0.15, 0.2) is 0 Å². The van der Waals surface area contributed by atoms with Crippen LogP contribution in [0.15, 0.2) is 24.3 Å². The molecule has 3 nitrogen and oxygen atoms in total. The second kappa shape index (κ2) is 7.96. The molecule has 1 aromatic rings. The van der Waals surface area contributed by atoms with E-state index in [-0.39, 0.29) is 12.1 Å². The SMILES string of the molecule is CCc1ccccc1C(=O)OC(C)C[N+](C)(C)C1CCCCC1. The number of esters is 1. The van der Waals surface area contributed by atoms with Gasteiger partial charge in [0.25, 0.3) is 0 Å². The number of rotatable bonds is 6. The third-order valence-electron chi connectivity index (χ3n) is 5.22. The Morgan fingerprint density at radius 2 is 1.87 bits per heavy atom. The van der Waals surface area contributed by atoms with E-state index in [4.69, 9.17) is 4.74 Å². The van der Waals surface area contributed by atoms with Gasteiger partial charge in [0.05, 0.1) is 25.7 Å². The number of hydrogen-bond donors (Lipinski definition) is 0. The molecule has 0 radical (unpaired) electrons. The minimum absolute atomic E-state index is 0.0654. The second-order valence-corrected chi connectivity index (χ2v) is 7.48. The lowest BCUT2D eigenvalue weighted by atomic mass is 9.93. The van der Waals surface area contributed by atoms with Gasteiger partial charge in [-0.25, -0.2) is 4.79 Å². The van der Waals surface area contributed by atoms with Gasteiger partial charge >= 0.3 is 5.97 Å². The van der Waals surface area contributed by atoms with Gasteiger partial charge in [0.2, 0.25) is 0 Å². The summed E-state index contributed by atoms with van der Waals surface area (Å²) in [5, 5.41) is 0. The lowest BCUT2D eigenvalue weighted by Crippen LogP contribution is -2.53. The van der Waals surface area contributed by atoms with Crippen LogP contribution >= 0.6 is 0 Å². The highest BCUT2D eigenvalue weighted by atomic mass is 16.5. The molecule has 1 aliphatic rings. The van der Waals surface area contributed by atoms with E-state index >= 15 is 0 Å². The van der Waals surface area contributed by atoms with Crippen LogP contribution in [0.1, 0.15) is 61.9 Å². The van der Waals surface area contributed by atoms with Crippen molar-refractivity contribution in [1.82, 2.24) is 0 Å². The zero-order valence-corrected chi connectivity index (χ0v) is 15.2. The van der Waals surface area contributed by atoms with Gasteiger partial charge in [-0.2, -0.15) is 0 Å². The molecule has 1 aromatic carbocycles. The van der Waals surface area contributed by atoms with E-state index in [0.29, 0.717) is 11.6 Å². The number of ether oxygens (including phenoxy) is 1. The molecule has 1 fully saturated rings. The van der Waals surface area contributed by atoms with Crippen LogP contribution in [0.4, 0.5) is 0 Å². The van der Waals surface area contributed by atoms with Crippen LogP contribution in [-0.2, 0) is 11.2 Å². The first-order chi connectivity index (χ1) is 10.9. The number of hydrogen-bond acceptors (Lipinski definition) is 2. The lowest BCUT2D eigenvalue weighted by molar-refractivity contribution is -0.918. The van der Waals surface area contributed by atoms with Crippen LogP contribution in [0.2, 0.25) is 0 Å². The Kier molecular flexibility index (Phi) is 6.23. The predicted octanol–water partition coefficient (Wildman–Crippen LogP) is 4.20. The largest absolute Gasteiger partial charge is 0.453 e. The van der Waals surface area contributed by atoms with E-state index < -0.39 is 0 Å². The summed E-state index contributed by atoms with van der Waals surface area (Å²) in [6.07, 6.45) is 7.43. The van der Waals surface area contributed by atoms with Crippen LogP contribution in [0.25, 0.3) is 0 Å². The van der Waals surface area contributed by atoms with E-state index in [1.807, 2.05) is 31.2 Å². The van der Waals surface area contributed by atoms with Crippen molar-refractivity contribution in [1.29, 1.82) is 0 Å². The molecule has 1 unspecified atom stereocenters. The Bertz CT molecular complexity index is 518. The maximum absolute atomic E-state index is 12.5. The Labute approximate surface area is 141 Å². The van der Waals surface area contributed by atoms with Crippen LogP contribution < -0.4 is 0 Å². The number of quaternary nitrogens is 1. The third-order valence-corrected chi connectivity index (χ3v) is 5.22. The minimum atomic E-state index is -0.182. The molecule has 0 spiro atoms. The molecular formula is C20H32NO2+. The highest BCUT2D eigenvalue weighted by Gasteiger charge is 2.32. The third kappa shape index (κ3) is 4.81. The smallest absolute Gasteiger partial charge is 0.338 e. The Morgan fingerprint density at radius 1 is 1.22 bits per heavy atom. The average molecular weight is 318 g/mol. The summed E-state index contributed by atoms with van der Waals surface area (Å²) < 4.78 is 6.70. The fourth-order valence-corrected chi connectivity index (χ4v) is 3.90. The van der Waals surface area contributed by atoms with Crippen molar-refractivity contribution in [2.24, 2.45) is 0 Å². The number of carbonyl (C=O) groups is 1. The molecule has 1 atom stereocenters. The van der Waals surface area contributed by atoms with E-state index in [1.165, 1.54) is 32.1 Å². The van der Waals surface area contributed by atoms with Gasteiger partial charge in [-0.1, -0.05) is 31.5 Å². The summed E-state index contributed by atoms with van der Waals surface area (Å²) in [6.45, 7) is 4.97. The molecule has 23 heavy (non-hydrogen) atoms. The molecule has 0 heterocycles. The summed E-state index contributed by atoms with van der Waals surface area (Å²) >= 11 is 0. The Morgan fingerprint density at radius 3 is 2.52 bits per heavy atom. The van der Waals surface area contributed by atoms with E-state index in [1.54, 1.807) is 0 Å². The molecule has 3 heteroatoms. The summed E-state index contributed by atoms with van der Waals surface area (Å²) in [4.78, 5) is 12.5. The predicted molar refractivity (Wildman–Crippen MR) is 94.5 cm³/mol. The summed E-state index contributed by atoms with van der Waals surface area (Å²) in [5.41, 5.74) is 1.77. The molecule has 1 saturated carbocycles. The van der Waals surface area contributed by atoms with Crippen molar-refractivity contribution in [3.63, 3.8) is 0 Å². The molecule has 0 N–H and O–H groups in total. The molecule has 0 bridgehead atoms. The van der Waals surface area contributed by atoms with Crippen LogP contribution in [-0.4, -0.2) is 43.2 Å². The molecular weight excluding hydrogens is 286 g/mol. The van der Waals surface area contributed by atoms with Crippen LogP contribution in [0.3, 0.4) is 0 Å². The first-order valence-corrected chi connectivity index (χ1v) is 9.05. The zero-order valence-electron chi connectivity index (χ0n) is 15.2. The van der Waals surface area contributed by atoms with Crippen molar-refractivity contribution in [2.75, 3.05) is 20.6 Å². The van der Waals surface area contributed by atoms with Gasteiger partial charge in [-0.15, -0.1) is 0 Å². The van der Waals surface area contributed by atoms with Gasteiger partial charge < -0.3 is 9.22 Å². The van der Waals surface area contributed by atoms with E-state index in [2.05, 4.69) is 21.0 Å². The van der Waals surface area contributed by atoms with Gasteiger partial charge in [0.1, 0.15) is 12.6 Å². The summed E-state index contributed by atoms with van der Waals surface area (Å²) in [6, 6.07) is 8.45. The second-order valence-electron chi connectivity index (χ2n) is 7.48. The summed E-state index contributed by atoms with van der Waals surface area (Å²) in [5.74, 6) is -0.182. The maximum atomic E-state index is 12.5. The molecule has 0 aromatic heterocycles. The summed E-state index contributed by atoms with van der Waals surface area (Å²) in [7, 11) is 4.56. The van der Waals surface area contributed by atoms with Crippen molar-refractivity contribution in [3.05, 3.63) is 35.4 Å². The van der Waals surface area contributed by atoms with Gasteiger partial charge in [0, 0.05) is 0 Å². The normalized spacial score (nSPS) is 17.7. The molecule has 0 aliphatic heterocycles. The molecule has 0 amide bonds. The molecule has 2 rings (SSSR count). The number of aryl methyl sites for hydroxylation is 1. The number of benzene rings is 1. The monoisotopic (exact) mass is 318 g/mol. The fraction of sp³-hybridized carbons (Fsp3) is 0.650. The topological polar surface area (TPSA) is 26.3 Å². The first kappa shape index (κ1) is 18.0. The minimum Gasteiger partial charge on any atom is -0.453 e. The molecule has 1 aliphatic carbocycles. The average Bonchev–Trinajstić information content (AvgIpc) is 2.55. The quantitative estimate of drug-likeness (QED) is 0.580.